The van der Waals surface area contributed by atoms with Crippen LogP contribution in [0.25, 0.3) is 10.8 Å². The summed E-state index contributed by atoms with van der Waals surface area (Å²) >= 11 is 0. The van der Waals surface area contributed by atoms with E-state index in [1.165, 1.54) is 4.68 Å². The first-order valence-electron chi connectivity index (χ1n) is 12.2. The SMILES string of the molecule is CCCCCn1nc(C(=O)NNC(=O)[C@@H](NC(=O)c2ccc(C)cc2)C(C)C)c2ccccc2c1=O. The van der Waals surface area contributed by atoms with Crippen molar-refractivity contribution in [2.24, 2.45) is 5.92 Å². The quantitative estimate of drug-likeness (QED) is 0.314. The van der Waals surface area contributed by atoms with Crippen LogP contribution in [0, 0.1) is 12.8 Å². The van der Waals surface area contributed by atoms with Gasteiger partial charge in [-0.3, -0.25) is 30.0 Å². The average Bonchev–Trinajstić information content (AvgIpc) is 2.87. The topological polar surface area (TPSA) is 122 Å². The fourth-order valence-corrected chi connectivity index (χ4v) is 3.79. The third-order valence-corrected chi connectivity index (χ3v) is 5.91. The third kappa shape index (κ3) is 6.35. The summed E-state index contributed by atoms with van der Waals surface area (Å²) in [6, 6.07) is 12.9. The molecule has 3 rings (SSSR count). The zero-order valence-electron chi connectivity index (χ0n) is 21.1. The van der Waals surface area contributed by atoms with Crippen molar-refractivity contribution in [1.82, 2.24) is 25.9 Å². The van der Waals surface area contributed by atoms with Crippen molar-refractivity contribution in [1.29, 1.82) is 0 Å². The monoisotopic (exact) mass is 491 g/mol. The summed E-state index contributed by atoms with van der Waals surface area (Å²) in [6.45, 7) is 7.96. The predicted octanol–water partition coefficient (Wildman–Crippen LogP) is 3.11. The number of fused-ring (bicyclic) bond motifs is 1. The van der Waals surface area contributed by atoms with E-state index in [0.29, 0.717) is 22.9 Å². The molecule has 0 spiro atoms. The minimum atomic E-state index is -0.883. The lowest BCUT2D eigenvalue weighted by molar-refractivity contribution is -0.124. The minimum Gasteiger partial charge on any atom is -0.340 e. The highest BCUT2D eigenvalue weighted by atomic mass is 16.2. The molecule has 1 atom stereocenters. The molecule has 9 nitrogen and oxygen atoms in total. The molecule has 0 bridgehead atoms. The van der Waals surface area contributed by atoms with E-state index in [0.717, 1.165) is 24.8 Å². The van der Waals surface area contributed by atoms with E-state index in [2.05, 4.69) is 28.2 Å². The van der Waals surface area contributed by atoms with Crippen molar-refractivity contribution in [3.63, 3.8) is 0 Å². The Bertz CT molecular complexity index is 1300. The first kappa shape index (κ1) is 26.6. The van der Waals surface area contributed by atoms with E-state index in [-0.39, 0.29) is 23.1 Å². The second-order valence-corrected chi connectivity index (χ2v) is 9.13. The van der Waals surface area contributed by atoms with Crippen LogP contribution in [0.4, 0.5) is 0 Å². The van der Waals surface area contributed by atoms with E-state index in [4.69, 9.17) is 0 Å². The standard InChI is InChI=1S/C27H33N5O4/c1-5-6-9-16-32-27(36)21-11-8-7-10-20(21)23(31-32)26(35)30-29-25(34)22(17(2)3)28-24(33)19-14-12-18(4)13-15-19/h7-8,10-15,17,22H,5-6,9,16H2,1-4H3,(H,28,33)(H,29,34)(H,30,35)/t22-/m0/s1. The zero-order valence-corrected chi connectivity index (χ0v) is 21.1. The van der Waals surface area contributed by atoms with Gasteiger partial charge >= 0.3 is 0 Å². The highest BCUT2D eigenvalue weighted by Crippen LogP contribution is 2.14. The summed E-state index contributed by atoms with van der Waals surface area (Å²) in [5.41, 5.74) is 6.02. The lowest BCUT2D eigenvalue weighted by Crippen LogP contribution is -2.54. The number of benzene rings is 2. The Morgan fingerprint density at radius 2 is 1.58 bits per heavy atom. The predicted molar refractivity (Wildman–Crippen MR) is 138 cm³/mol. The Morgan fingerprint density at radius 3 is 2.22 bits per heavy atom. The smallest absolute Gasteiger partial charge is 0.290 e. The molecule has 0 saturated carbocycles. The highest BCUT2D eigenvalue weighted by Gasteiger charge is 2.26. The van der Waals surface area contributed by atoms with Crippen LogP contribution >= 0.6 is 0 Å². The Hall–Kier alpha value is -4.01. The summed E-state index contributed by atoms with van der Waals surface area (Å²) in [6.07, 6.45) is 2.68. The van der Waals surface area contributed by atoms with E-state index in [9.17, 15) is 19.2 Å². The van der Waals surface area contributed by atoms with E-state index in [1.54, 1.807) is 50.2 Å². The van der Waals surface area contributed by atoms with Crippen LogP contribution in [-0.2, 0) is 11.3 Å². The van der Waals surface area contributed by atoms with Gasteiger partial charge in [-0.1, -0.05) is 69.5 Å². The average molecular weight is 492 g/mol. The maximum atomic E-state index is 13.0. The number of aryl methyl sites for hydroxylation is 2. The number of hydrogen-bond acceptors (Lipinski definition) is 5. The fourth-order valence-electron chi connectivity index (χ4n) is 3.79. The van der Waals surface area contributed by atoms with Gasteiger partial charge < -0.3 is 5.32 Å². The molecule has 0 fully saturated rings. The van der Waals surface area contributed by atoms with Crippen LogP contribution in [0.3, 0.4) is 0 Å². The Labute approximate surface area is 210 Å². The van der Waals surface area contributed by atoms with Crippen molar-refractivity contribution >= 4 is 28.5 Å². The van der Waals surface area contributed by atoms with Crippen molar-refractivity contribution < 1.29 is 14.4 Å². The van der Waals surface area contributed by atoms with Gasteiger partial charge in [0.05, 0.1) is 5.39 Å². The number of carbonyl (C=O) groups is 3. The minimum absolute atomic E-state index is 0.0341. The molecule has 9 heteroatoms. The van der Waals surface area contributed by atoms with Gasteiger partial charge in [-0.15, -0.1) is 0 Å². The number of amides is 3. The highest BCUT2D eigenvalue weighted by molar-refractivity contribution is 6.05. The molecule has 190 valence electrons. The molecule has 3 aromatic rings. The van der Waals surface area contributed by atoms with Crippen LogP contribution in [0.5, 0.6) is 0 Å². The second kappa shape index (κ2) is 12.1. The van der Waals surface area contributed by atoms with Crippen LogP contribution in [0.2, 0.25) is 0 Å². The molecule has 36 heavy (non-hydrogen) atoms. The summed E-state index contributed by atoms with van der Waals surface area (Å²) in [5.74, 6) is -1.85. The zero-order chi connectivity index (χ0) is 26.2. The van der Waals surface area contributed by atoms with Gasteiger partial charge in [-0.2, -0.15) is 5.10 Å². The van der Waals surface area contributed by atoms with Gasteiger partial charge in [-0.25, -0.2) is 4.68 Å². The number of hydrazine groups is 1. The molecule has 0 aliphatic heterocycles. The van der Waals surface area contributed by atoms with E-state index in [1.807, 2.05) is 19.1 Å². The lowest BCUT2D eigenvalue weighted by Gasteiger charge is -2.22. The number of nitrogens with zero attached hydrogens (tertiary/aromatic N) is 2. The first-order chi connectivity index (χ1) is 17.2. The molecule has 0 saturated heterocycles. The molecule has 0 unspecified atom stereocenters. The Balaban J connectivity index is 1.76. The van der Waals surface area contributed by atoms with Crippen molar-refractivity contribution in [2.45, 2.75) is 59.5 Å². The number of aromatic nitrogens is 2. The normalized spacial score (nSPS) is 11.8. The number of hydrogen-bond donors (Lipinski definition) is 3. The number of carbonyl (C=O) groups excluding carboxylic acids is 3. The second-order valence-electron chi connectivity index (χ2n) is 9.13. The molecular weight excluding hydrogens is 458 g/mol. The van der Waals surface area contributed by atoms with Crippen LogP contribution in [-0.4, -0.2) is 33.5 Å². The molecule has 3 N–H and O–H groups in total. The Morgan fingerprint density at radius 1 is 0.917 bits per heavy atom. The van der Waals surface area contributed by atoms with Crippen molar-refractivity contribution in [2.75, 3.05) is 0 Å². The van der Waals surface area contributed by atoms with Gasteiger partial charge in [0.1, 0.15) is 6.04 Å². The van der Waals surface area contributed by atoms with Gasteiger partial charge in [0.15, 0.2) is 5.69 Å². The Kier molecular flexibility index (Phi) is 8.94. The largest absolute Gasteiger partial charge is 0.340 e. The maximum Gasteiger partial charge on any atom is 0.290 e. The van der Waals surface area contributed by atoms with Gasteiger partial charge in [0, 0.05) is 17.5 Å². The van der Waals surface area contributed by atoms with Crippen molar-refractivity contribution in [3.8, 4) is 0 Å². The lowest BCUT2D eigenvalue weighted by atomic mass is 10.0. The van der Waals surface area contributed by atoms with Crippen LogP contribution < -0.4 is 21.7 Å². The van der Waals surface area contributed by atoms with Gasteiger partial charge in [0.25, 0.3) is 23.3 Å². The first-order valence-corrected chi connectivity index (χ1v) is 12.2. The van der Waals surface area contributed by atoms with Gasteiger partial charge in [-0.05, 0) is 37.5 Å². The van der Waals surface area contributed by atoms with Crippen LogP contribution in [0.1, 0.15) is 66.4 Å². The molecular formula is C27H33N5O4. The summed E-state index contributed by atoms with van der Waals surface area (Å²) < 4.78 is 1.30. The molecule has 0 aliphatic carbocycles. The van der Waals surface area contributed by atoms with Crippen LogP contribution in [0.15, 0.2) is 53.3 Å². The van der Waals surface area contributed by atoms with Gasteiger partial charge in [0.2, 0.25) is 0 Å². The molecule has 1 heterocycles. The summed E-state index contributed by atoms with van der Waals surface area (Å²) in [7, 11) is 0. The van der Waals surface area contributed by atoms with E-state index >= 15 is 0 Å². The number of unbranched alkanes of at least 4 members (excludes halogenated alkanes) is 2. The maximum absolute atomic E-state index is 13.0. The summed E-state index contributed by atoms with van der Waals surface area (Å²) in [4.78, 5) is 51.4. The summed E-state index contributed by atoms with van der Waals surface area (Å²) in [5, 5.41) is 7.80. The molecule has 2 aromatic carbocycles. The van der Waals surface area contributed by atoms with Crippen molar-refractivity contribution in [3.05, 3.63) is 75.7 Å². The van der Waals surface area contributed by atoms with E-state index < -0.39 is 17.9 Å². The molecule has 1 aromatic heterocycles. The molecule has 0 radical (unpaired) electrons. The third-order valence-electron chi connectivity index (χ3n) is 5.91. The number of nitrogens with one attached hydrogen (secondary N) is 3. The number of rotatable bonds is 9. The fraction of sp³-hybridized carbons (Fsp3) is 0.370. The molecule has 3 amide bonds. The molecule has 0 aliphatic rings.